The van der Waals surface area contributed by atoms with E-state index in [0.717, 1.165) is 63.6 Å². The summed E-state index contributed by atoms with van der Waals surface area (Å²) in [6.45, 7) is 8.87. The lowest BCUT2D eigenvalue weighted by atomic mass is 10.3. The Kier molecular flexibility index (Phi) is 5.92. The minimum atomic E-state index is 0.148. The van der Waals surface area contributed by atoms with Crippen LogP contribution in [-0.2, 0) is 11.3 Å². The topological polar surface area (TPSA) is 61.4 Å². The highest BCUT2D eigenvalue weighted by Gasteiger charge is 2.18. The molecule has 1 aromatic rings. The van der Waals surface area contributed by atoms with Gasteiger partial charge in [0.05, 0.1) is 0 Å². The van der Waals surface area contributed by atoms with Gasteiger partial charge >= 0.3 is 0 Å². The molecule has 1 fully saturated rings. The summed E-state index contributed by atoms with van der Waals surface area (Å²) in [5.74, 6) is 0.912. The first-order valence-electron chi connectivity index (χ1n) is 7.72. The zero-order valence-electron chi connectivity index (χ0n) is 13.0. The van der Waals surface area contributed by atoms with Crippen LogP contribution in [0.15, 0.2) is 12.4 Å². The summed E-state index contributed by atoms with van der Waals surface area (Å²) in [7, 11) is 0. The predicted molar refractivity (Wildman–Crippen MR) is 83.1 cm³/mol. The Balaban J connectivity index is 1.91. The molecule has 0 saturated carbocycles. The van der Waals surface area contributed by atoms with E-state index in [1.165, 1.54) is 0 Å². The number of aromatic nitrogens is 2. The van der Waals surface area contributed by atoms with Gasteiger partial charge in [-0.1, -0.05) is 6.92 Å². The molecule has 6 heteroatoms. The number of hydrogen-bond donors (Lipinski definition) is 1. The van der Waals surface area contributed by atoms with E-state index in [1.54, 1.807) is 6.92 Å². The van der Waals surface area contributed by atoms with Crippen LogP contribution in [0.25, 0.3) is 0 Å². The van der Waals surface area contributed by atoms with E-state index in [4.69, 9.17) is 0 Å². The van der Waals surface area contributed by atoms with Gasteiger partial charge in [-0.05, 0) is 19.4 Å². The highest BCUT2D eigenvalue weighted by molar-refractivity contribution is 5.73. The van der Waals surface area contributed by atoms with Crippen molar-refractivity contribution in [3.05, 3.63) is 18.0 Å². The lowest BCUT2D eigenvalue weighted by Gasteiger charge is -2.21. The molecule has 2 heterocycles. The molecule has 21 heavy (non-hydrogen) atoms. The first-order valence-corrected chi connectivity index (χ1v) is 7.72. The molecule has 0 aromatic carbocycles. The minimum absolute atomic E-state index is 0.148. The van der Waals surface area contributed by atoms with Gasteiger partial charge in [0, 0.05) is 57.6 Å². The molecule has 1 saturated heterocycles. The molecule has 0 spiro atoms. The summed E-state index contributed by atoms with van der Waals surface area (Å²) in [5.41, 5.74) is 1.10. The largest absolute Gasteiger partial charge is 0.341 e. The third kappa shape index (κ3) is 4.67. The molecule has 1 aromatic heterocycles. The highest BCUT2D eigenvalue weighted by Crippen LogP contribution is 2.11. The smallest absolute Gasteiger partial charge is 0.225 e. The van der Waals surface area contributed by atoms with E-state index >= 15 is 0 Å². The number of nitrogens with one attached hydrogen (secondary N) is 1. The van der Waals surface area contributed by atoms with Crippen molar-refractivity contribution in [2.75, 3.05) is 37.6 Å². The number of anilines is 1. The molecule has 116 valence electrons. The van der Waals surface area contributed by atoms with E-state index in [1.807, 2.05) is 17.3 Å². The molecule has 1 aliphatic heterocycles. The van der Waals surface area contributed by atoms with Gasteiger partial charge in [0.15, 0.2) is 0 Å². The van der Waals surface area contributed by atoms with E-state index in [2.05, 4.69) is 27.1 Å². The third-order valence-corrected chi connectivity index (χ3v) is 3.67. The van der Waals surface area contributed by atoms with Crippen LogP contribution in [0.5, 0.6) is 0 Å². The van der Waals surface area contributed by atoms with Gasteiger partial charge in [0.25, 0.3) is 0 Å². The third-order valence-electron chi connectivity index (χ3n) is 3.67. The number of nitrogens with zero attached hydrogens (tertiary/aromatic N) is 4. The normalized spacial score (nSPS) is 15.9. The quantitative estimate of drug-likeness (QED) is 0.821. The molecule has 2 rings (SSSR count). The number of amides is 1. The molecule has 0 unspecified atom stereocenters. The van der Waals surface area contributed by atoms with Gasteiger partial charge in [0.1, 0.15) is 0 Å². The second-order valence-electron chi connectivity index (χ2n) is 5.41. The van der Waals surface area contributed by atoms with Gasteiger partial charge in [-0.2, -0.15) is 0 Å². The van der Waals surface area contributed by atoms with Crippen LogP contribution in [0, 0.1) is 0 Å². The Hall–Kier alpha value is -1.69. The molecule has 0 atom stereocenters. The molecular weight excluding hydrogens is 266 g/mol. The highest BCUT2D eigenvalue weighted by atomic mass is 16.2. The number of hydrogen-bond acceptors (Lipinski definition) is 5. The number of rotatable bonds is 5. The summed E-state index contributed by atoms with van der Waals surface area (Å²) >= 11 is 0. The Morgan fingerprint density at radius 2 is 2.00 bits per heavy atom. The van der Waals surface area contributed by atoms with Crippen LogP contribution in [0.4, 0.5) is 5.95 Å². The second kappa shape index (κ2) is 7.93. The molecule has 1 amide bonds. The summed E-state index contributed by atoms with van der Waals surface area (Å²) in [4.78, 5) is 24.4. The Labute approximate surface area is 126 Å². The summed E-state index contributed by atoms with van der Waals surface area (Å²) in [6, 6.07) is 0. The predicted octanol–water partition coefficient (Wildman–Crippen LogP) is 1.03. The fourth-order valence-corrected chi connectivity index (χ4v) is 2.44. The standard InChI is InChI=1S/C15H25N5O/c1-3-5-16-10-14-11-17-15(18-12-14)20-7-4-6-19(8-9-20)13(2)21/h11-12,16H,3-10H2,1-2H3. The van der Waals surface area contributed by atoms with Gasteiger partial charge in [-0.15, -0.1) is 0 Å². The fourth-order valence-electron chi connectivity index (χ4n) is 2.44. The van der Waals surface area contributed by atoms with E-state index in [0.29, 0.717) is 0 Å². The van der Waals surface area contributed by atoms with Crippen LogP contribution < -0.4 is 10.2 Å². The summed E-state index contributed by atoms with van der Waals surface area (Å²) < 4.78 is 0. The van der Waals surface area contributed by atoms with E-state index in [-0.39, 0.29) is 5.91 Å². The van der Waals surface area contributed by atoms with Crippen LogP contribution in [0.3, 0.4) is 0 Å². The first kappa shape index (κ1) is 15.7. The van der Waals surface area contributed by atoms with Crippen molar-refractivity contribution < 1.29 is 4.79 Å². The number of carbonyl (C=O) groups is 1. The Bertz CT molecular complexity index is 448. The Morgan fingerprint density at radius 1 is 1.24 bits per heavy atom. The Morgan fingerprint density at radius 3 is 2.67 bits per heavy atom. The van der Waals surface area contributed by atoms with Gasteiger partial charge in [-0.3, -0.25) is 4.79 Å². The van der Waals surface area contributed by atoms with Crippen LogP contribution >= 0.6 is 0 Å². The molecule has 1 aliphatic rings. The maximum Gasteiger partial charge on any atom is 0.225 e. The summed E-state index contributed by atoms with van der Waals surface area (Å²) in [6.07, 6.45) is 5.86. The average Bonchev–Trinajstić information content (AvgIpc) is 2.74. The molecule has 0 radical (unpaired) electrons. The van der Waals surface area contributed by atoms with Crippen molar-refractivity contribution in [3.8, 4) is 0 Å². The SMILES string of the molecule is CCCNCc1cnc(N2CCCN(C(C)=O)CC2)nc1. The van der Waals surface area contributed by atoms with Crippen molar-refractivity contribution >= 4 is 11.9 Å². The lowest BCUT2D eigenvalue weighted by Crippen LogP contribution is -2.34. The van der Waals surface area contributed by atoms with E-state index in [9.17, 15) is 4.79 Å². The molecular formula is C15H25N5O. The van der Waals surface area contributed by atoms with Crippen LogP contribution in [0.1, 0.15) is 32.3 Å². The number of carbonyl (C=O) groups excluding carboxylic acids is 1. The van der Waals surface area contributed by atoms with Crippen molar-refractivity contribution in [2.45, 2.75) is 33.2 Å². The second-order valence-corrected chi connectivity index (χ2v) is 5.41. The maximum atomic E-state index is 11.4. The molecule has 1 N–H and O–H groups in total. The zero-order valence-corrected chi connectivity index (χ0v) is 13.0. The van der Waals surface area contributed by atoms with Crippen molar-refractivity contribution in [3.63, 3.8) is 0 Å². The summed E-state index contributed by atoms with van der Waals surface area (Å²) in [5, 5.41) is 3.34. The molecule has 0 bridgehead atoms. The van der Waals surface area contributed by atoms with Crippen LogP contribution in [-0.4, -0.2) is 53.5 Å². The molecule has 6 nitrogen and oxygen atoms in total. The average molecular weight is 291 g/mol. The minimum Gasteiger partial charge on any atom is -0.341 e. The van der Waals surface area contributed by atoms with Crippen molar-refractivity contribution in [1.82, 2.24) is 20.2 Å². The van der Waals surface area contributed by atoms with E-state index < -0.39 is 0 Å². The first-order chi connectivity index (χ1) is 10.2. The van der Waals surface area contributed by atoms with Crippen molar-refractivity contribution in [1.29, 1.82) is 0 Å². The van der Waals surface area contributed by atoms with Gasteiger partial charge in [-0.25, -0.2) is 9.97 Å². The van der Waals surface area contributed by atoms with Crippen LogP contribution in [0.2, 0.25) is 0 Å². The monoisotopic (exact) mass is 291 g/mol. The van der Waals surface area contributed by atoms with Gasteiger partial charge in [0.2, 0.25) is 11.9 Å². The lowest BCUT2D eigenvalue weighted by molar-refractivity contribution is -0.128. The maximum absolute atomic E-state index is 11.4. The zero-order chi connectivity index (χ0) is 15.1. The van der Waals surface area contributed by atoms with Gasteiger partial charge < -0.3 is 15.1 Å². The fraction of sp³-hybridized carbons (Fsp3) is 0.667. The van der Waals surface area contributed by atoms with Crippen molar-refractivity contribution in [2.24, 2.45) is 0 Å². The molecule has 0 aliphatic carbocycles.